The molecule has 0 aliphatic carbocycles. The minimum Gasteiger partial charge on any atom is -0.497 e. The van der Waals surface area contributed by atoms with E-state index < -0.39 is 35.2 Å². The average molecular weight is 411 g/mol. The molecule has 30 heavy (non-hydrogen) atoms. The van der Waals surface area contributed by atoms with E-state index in [0.717, 1.165) is 4.90 Å². The first-order valence-corrected chi connectivity index (χ1v) is 9.84. The Hall–Kier alpha value is -3.16. The highest BCUT2D eigenvalue weighted by Crippen LogP contribution is 2.48. The van der Waals surface area contributed by atoms with Crippen LogP contribution in [0.2, 0.25) is 0 Å². The van der Waals surface area contributed by atoms with Crippen LogP contribution in [-0.4, -0.2) is 55.1 Å². The van der Waals surface area contributed by atoms with Crippen molar-refractivity contribution in [2.75, 3.05) is 19.1 Å². The molecule has 2 fully saturated rings. The van der Waals surface area contributed by atoms with Gasteiger partial charge in [-0.05, 0) is 18.2 Å². The van der Waals surface area contributed by atoms with E-state index in [4.69, 9.17) is 9.47 Å². The molecule has 4 atom stereocenters. The minimum atomic E-state index is -0.815. The highest BCUT2D eigenvalue weighted by atomic mass is 16.5. The van der Waals surface area contributed by atoms with Crippen LogP contribution in [0.4, 0.5) is 5.69 Å². The summed E-state index contributed by atoms with van der Waals surface area (Å²) in [6, 6.07) is 3.69. The number of fused-ring (bicyclic) bond motifs is 3. The van der Waals surface area contributed by atoms with E-state index >= 15 is 0 Å². The Balaban J connectivity index is 1.82. The lowest BCUT2D eigenvalue weighted by atomic mass is 9.80. The molecule has 0 N–H and O–H groups in total. The lowest BCUT2D eigenvalue weighted by Crippen LogP contribution is -2.49. The van der Waals surface area contributed by atoms with Crippen LogP contribution in [0.5, 0.6) is 11.5 Å². The molecule has 3 heterocycles. The lowest BCUT2D eigenvalue weighted by Gasteiger charge is -2.33. The summed E-state index contributed by atoms with van der Waals surface area (Å²) in [6.45, 7) is 5.43. The van der Waals surface area contributed by atoms with E-state index in [2.05, 4.69) is 5.10 Å². The Labute approximate surface area is 175 Å². The van der Waals surface area contributed by atoms with Gasteiger partial charge in [0.05, 0.1) is 37.8 Å². The summed E-state index contributed by atoms with van der Waals surface area (Å²) in [5.41, 5.74) is -0.372. The number of hydrazone groups is 1. The average Bonchev–Trinajstić information content (AvgIpc) is 3.19. The Morgan fingerprint density at radius 3 is 2.40 bits per heavy atom. The standard InChI is InChI=1S/C22H25N3O5/c1-22(2,3)19(26)18-17-16(13-7-6-10-23-25(13)18)20(27)24(21(17)28)14-11-12(29-4)8-9-15(14)30-5/h6-11,13,16-18H,1-5H3/t13-,16+,17+,18-/m1/s1. The SMILES string of the molecule is COc1ccc(OC)c(N2C(=O)[C@@H]3[C@H](C2=O)[C@H](C(=O)C(C)(C)C)N2N=CC=C[C@H]32)c1. The molecule has 158 valence electrons. The van der Waals surface area contributed by atoms with Gasteiger partial charge >= 0.3 is 0 Å². The third-order valence-corrected chi connectivity index (χ3v) is 5.93. The number of ether oxygens (including phenoxy) is 2. The second-order valence-electron chi connectivity index (χ2n) is 8.68. The van der Waals surface area contributed by atoms with Crippen LogP contribution < -0.4 is 14.4 Å². The molecular formula is C22H25N3O5. The number of rotatable bonds is 4. The molecule has 1 aromatic rings. The number of ketones is 1. The third-order valence-electron chi connectivity index (χ3n) is 5.93. The van der Waals surface area contributed by atoms with Crippen molar-refractivity contribution in [2.24, 2.45) is 22.4 Å². The van der Waals surface area contributed by atoms with E-state index in [9.17, 15) is 14.4 Å². The summed E-state index contributed by atoms with van der Waals surface area (Å²) in [5, 5.41) is 5.97. The zero-order chi connectivity index (χ0) is 21.8. The third kappa shape index (κ3) is 2.81. The van der Waals surface area contributed by atoms with Gasteiger partial charge in [0.1, 0.15) is 17.5 Å². The number of amides is 2. The molecule has 0 spiro atoms. The highest BCUT2D eigenvalue weighted by molar-refractivity contribution is 6.24. The molecule has 3 aliphatic rings. The van der Waals surface area contributed by atoms with Crippen LogP contribution in [0.15, 0.2) is 35.5 Å². The smallest absolute Gasteiger partial charge is 0.240 e. The summed E-state index contributed by atoms with van der Waals surface area (Å²) in [4.78, 5) is 41.6. The topological polar surface area (TPSA) is 88.5 Å². The number of anilines is 1. The number of hydrogen-bond acceptors (Lipinski definition) is 7. The Bertz CT molecular complexity index is 977. The van der Waals surface area contributed by atoms with Gasteiger partial charge in [0, 0.05) is 17.7 Å². The van der Waals surface area contributed by atoms with Crippen molar-refractivity contribution in [3.8, 4) is 11.5 Å². The zero-order valence-corrected chi connectivity index (χ0v) is 17.7. The number of carbonyl (C=O) groups is 3. The molecule has 1 aromatic carbocycles. The monoisotopic (exact) mass is 411 g/mol. The normalized spacial score (nSPS) is 27.4. The zero-order valence-electron chi connectivity index (χ0n) is 17.7. The van der Waals surface area contributed by atoms with Crippen LogP contribution in [0.3, 0.4) is 0 Å². The molecule has 0 unspecified atom stereocenters. The molecule has 2 amide bonds. The maximum Gasteiger partial charge on any atom is 0.240 e. The molecular weight excluding hydrogens is 386 g/mol. The first-order valence-electron chi connectivity index (χ1n) is 9.84. The second kappa shape index (κ2) is 6.97. The van der Waals surface area contributed by atoms with E-state index in [1.165, 1.54) is 14.2 Å². The summed E-state index contributed by atoms with van der Waals surface area (Å²) in [7, 11) is 2.98. The van der Waals surface area contributed by atoms with Gasteiger partial charge in [-0.2, -0.15) is 5.10 Å². The summed E-state index contributed by atoms with van der Waals surface area (Å²) in [6.07, 6.45) is 5.16. The molecule has 0 radical (unpaired) electrons. The Morgan fingerprint density at radius 1 is 1.07 bits per heavy atom. The fraction of sp³-hybridized carbons (Fsp3) is 0.455. The van der Waals surface area contributed by atoms with E-state index in [1.807, 2.05) is 26.8 Å². The summed E-state index contributed by atoms with van der Waals surface area (Å²) in [5.74, 6) is -1.54. The fourth-order valence-corrected chi connectivity index (χ4v) is 4.49. The lowest BCUT2D eigenvalue weighted by molar-refractivity contribution is -0.136. The predicted molar refractivity (Wildman–Crippen MR) is 111 cm³/mol. The van der Waals surface area contributed by atoms with Gasteiger partial charge in [-0.15, -0.1) is 0 Å². The highest BCUT2D eigenvalue weighted by Gasteiger charge is 2.65. The fourth-order valence-electron chi connectivity index (χ4n) is 4.49. The molecule has 0 saturated carbocycles. The Morgan fingerprint density at radius 2 is 1.77 bits per heavy atom. The number of allylic oxidation sites excluding steroid dienone is 1. The van der Waals surface area contributed by atoms with Gasteiger partial charge in [-0.3, -0.25) is 19.4 Å². The molecule has 0 aromatic heterocycles. The van der Waals surface area contributed by atoms with E-state index in [0.29, 0.717) is 17.2 Å². The molecule has 3 aliphatic heterocycles. The van der Waals surface area contributed by atoms with Crippen molar-refractivity contribution in [1.29, 1.82) is 0 Å². The number of hydrogen-bond donors (Lipinski definition) is 0. The van der Waals surface area contributed by atoms with Gasteiger partial charge in [0.25, 0.3) is 0 Å². The number of Topliss-reactive ketones (excluding diaryl/α,β-unsaturated/α-hetero) is 1. The van der Waals surface area contributed by atoms with Crippen molar-refractivity contribution in [2.45, 2.75) is 32.9 Å². The number of methoxy groups -OCH3 is 2. The summed E-state index contributed by atoms with van der Waals surface area (Å²) >= 11 is 0. The van der Waals surface area contributed by atoms with Gasteiger partial charge in [0.2, 0.25) is 11.8 Å². The second-order valence-corrected chi connectivity index (χ2v) is 8.68. The van der Waals surface area contributed by atoms with Gasteiger partial charge in [0.15, 0.2) is 5.78 Å². The van der Waals surface area contributed by atoms with Crippen molar-refractivity contribution in [3.63, 3.8) is 0 Å². The van der Waals surface area contributed by atoms with Crippen molar-refractivity contribution >= 4 is 29.5 Å². The first-order chi connectivity index (χ1) is 14.2. The van der Waals surface area contributed by atoms with E-state index in [-0.39, 0.29) is 11.7 Å². The first kappa shape index (κ1) is 20.1. The Kier molecular flexibility index (Phi) is 4.67. The molecule has 2 saturated heterocycles. The van der Waals surface area contributed by atoms with Gasteiger partial charge in [-0.25, -0.2) is 4.90 Å². The molecule has 8 nitrogen and oxygen atoms in total. The van der Waals surface area contributed by atoms with Crippen molar-refractivity contribution in [1.82, 2.24) is 5.01 Å². The van der Waals surface area contributed by atoms with Crippen LogP contribution in [0.1, 0.15) is 20.8 Å². The van der Waals surface area contributed by atoms with Crippen molar-refractivity contribution < 1.29 is 23.9 Å². The predicted octanol–water partition coefficient (Wildman–Crippen LogP) is 2.03. The van der Waals surface area contributed by atoms with Crippen LogP contribution in [-0.2, 0) is 14.4 Å². The maximum atomic E-state index is 13.6. The van der Waals surface area contributed by atoms with Crippen LogP contribution in [0, 0.1) is 17.3 Å². The van der Waals surface area contributed by atoms with Gasteiger partial charge in [-0.1, -0.05) is 26.8 Å². The van der Waals surface area contributed by atoms with E-state index in [1.54, 1.807) is 35.5 Å². The molecule has 8 heteroatoms. The number of carbonyl (C=O) groups excluding carboxylic acids is 3. The van der Waals surface area contributed by atoms with Gasteiger partial charge < -0.3 is 9.47 Å². The molecule has 0 bridgehead atoms. The van der Waals surface area contributed by atoms with Crippen LogP contribution >= 0.6 is 0 Å². The largest absolute Gasteiger partial charge is 0.497 e. The maximum absolute atomic E-state index is 13.6. The number of imide groups is 1. The summed E-state index contributed by atoms with van der Waals surface area (Å²) < 4.78 is 10.7. The number of nitrogens with zero attached hydrogens (tertiary/aromatic N) is 3. The molecule has 4 rings (SSSR count). The van der Waals surface area contributed by atoms with Crippen molar-refractivity contribution in [3.05, 3.63) is 30.4 Å². The quantitative estimate of drug-likeness (QED) is 0.705. The minimum absolute atomic E-state index is 0.118. The number of benzene rings is 1. The van der Waals surface area contributed by atoms with Crippen LogP contribution in [0.25, 0.3) is 0 Å².